The van der Waals surface area contributed by atoms with Gasteiger partial charge in [0.1, 0.15) is 22.9 Å². The van der Waals surface area contributed by atoms with E-state index in [2.05, 4.69) is 10.3 Å². The zero-order valence-corrected chi connectivity index (χ0v) is 16.8. The molecule has 0 bridgehead atoms. The van der Waals surface area contributed by atoms with Crippen LogP contribution >= 0.6 is 0 Å². The Morgan fingerprint density at radius 3 is 2.48 bits per heavy atom. The van der Waals surface area contributed by atoms with Gasteiger partial charge in [-0.1, -0.05) is 0 Å². The van der Waals surface area contributed by atoms with E-state index in [0.717, 1.165) is 28.8 Å². The second-order valence-corrected chi connectivity index (χ2v) is 6.81. The number of carbonyl (C=O) groups excluding carboxylic acids is 1. The molecule has 10 heteroatoms. The number of nitrogen functional groups attached to an aromatic ring is 1. The average molecular weight is 452 g/mol. The van der Waals surface area contributed by atoms with E-state index >= 15 is 0 Å². The van der Waals surface area contributed by atoms with Crippen molar-refractivity contribution >= 4 is 17.4 Å². The molecule has 0 fully saturated rings. The Morgan fingerprint density at radius 1 is 1.00 bits per heavy atom. The lowest BCUT2D eigenvalue weighted by atomic mass is 10.2. The lowest BCUT2D eigenvalue weighted by molar-refractivity contribution is 0.102. The van der Waals surface area contributed by atoms with Gasteiger partial charge in [0, 0.05) is 36.3 Å². The quantitative estimate of drug-likeness (QED) is 0.471. The van der Waals surface area contributed by atoms with E-state index in [1.54, 1.807) is 0 Å². The maximum atomic E-state index is 14.6. The summed E-state index contributed by atoms with van der Waals surface area (Å²) in [6, 6.07) is 11.9. The van der Waals surface area contributed by atoms with E-state index in [9.17, 15) is 22.8 Å². The second kappa shape index (κ2) is 8.87. The first-order valence-corrected chi connectivity index (χ1v) is 9.49. The fourth-order valence-corrected chi connectivity index (χ4v) is 2.98. The highest BCUT2D eigenvalue weighted by atomic mass is 19.1. The van der Waals surface area contributed by atoms with E-state index in [1.807, 2.05) is 0 Å². The Hall–Kier alpha value is -4.60. The Bertz CT molecular complexity index is 1410. The third-order valence-electron chi connectivity index (χ3n) is 4.55. The highest BCUT2D eigenvalue weighted by Crippen LogP contribution is 2.29. The molecule has 1 amide bonds. The summed E-state index contributed by atoms with van der Waals surface area (Å²) in [5, 5.41) is 2.18. The molecule has 2 aromatic heterocycles. The molecule has 0 saturated carbocycles. The van der Waals surface area contributed by atoms with Crippen LogP contribution in [0, 0.1) is 17.5 Å². The van der Waals surface area contributed by atoms with Crippen LogP contribution in [-0.4, -0.2) is 15.5 Å². The van der Waals surface area contributed by atoms with Crippen LogP contribution < -0.4 is 21.3 Å². The summed E-state index contributed by atoms with van der Waals surface area (Å²) >= 11 is 0. The first-order valence-electron chi connectivity index (χ1n) is 9.49. The first kappa shape index (κ1) is 21.6. The Balaban J connectivity index is 1.59. The molecule has 33 heavy (non-hydrogen) atoms. The molecule has 0 unspecified atom stereocenters. The van der Waals surface area contributed by atoms with Crippen LogP contribution in [0.5, 0.6) is 11.5 Å². The lowest BCUT2D eigenvalue weighted by Gasteiger charge is -2.12. The molecule has 2 heterocycles. The number of pyridine rings is 2. The van der Waals surface area contributed by atoms with Crippen LogP contribution in [0.2, 0.25) is 0 Å². The topological polar surface area (TPSA) is 99.2 Å². The first-order chi connectivity index (χ1) is 15.8. The lowest BCUT2D eigenvalue weighted by Crippen LogP contribution is -2.28. The summed E-state index contributed by atoms with van der Waals surface area (Å²) in [4.78, 5) is 29.1. The number of halogens is 3. The van der Waals surface area contributed by atoms with Gasteiger partial charge in [-0.15, -0.1) is 0 Å². The number of anilines is 2. The molecule has 0 aliphatic heterocycles. The summed E-state index contributed by atoms with van der Waals surface area (Å²) in [6.07, 6.45) is 2.73. The molecule has 4 aromatic rings. The number of rotatable bonds is 5. The van der Waals surface area contributed by atoms with Crippen LogP contribution in [0.4, 0.5) is 24.7 Å². The number of amides is 1. The van der Waals surface area contributed by atoms with Crippen molar-refractivity contribution in [2.24, 2.45) is 0 Å². The predicted molar refractivity (Wildman–Crippen MR) is 115 cm³/mol. The third kappa shape index (κ3) is 4.69. The number of nitrogens with zero attached hydrogens (tertiary/aromatic N) is 2. The fraction of sp³-hybridized carbons (Fsp3) is 0. The van der Waals surface area contributed by atoms with Gasteiger partial charge in [-0.3, -0.25) is 14.2 Å². The van der Waals surface area contributed by atoms with Crippen LogP contribution in [0.1, 0.15) is 10.4 Å². The van der Waals surface area contributed by atoms with Gasteiger partial charge in [-0.05, 0) is 42.5 Å². The summed E-state index contributed by atoms with van der Waals surface area (Å²) in [7, 11) is 0. The number of carbonyl (C=O) groups is 1. The molecule has 3 N–H and O–H groups in total. The molecule has 2 aromatic carbocycles. The summed E-state index contributed by atoms with van der Waals surface area (Å²) in [5.41, 5.74) is 4.32. The van der Waals surface area contributed by atoms with Crippen molar-refractivity contribution in [3.8, 4) is 17.2 Å². The van der Waals surface area contributed by atoms with Gasteiger partial charge in [0.25, 0.3) is 11.5 Å². The molecule has 0 spiro atoms. The Labute approximate surface area is 184 Å². The van der Waals surface area contributed by atoms with Crippen molar-refractivity contribution in [2.75, 3.05) is 11.1 Å². The van der Waals surface area contributed by atoms with Crippen molar-refractivity contribution in [3.05, 3.63) is 106 Å². The number of benzene rings is 2. The minimum absolute atomic E-state index is 0.131. The number of hydrogen-bond donors (Lipinski definition) is 2. The van der Waals surface area contributed by atoms with Gasteiger partial charge in [0.2, 0.25) is 0 Å². The number of nitrogens with one attached hydrogen (secondary N) is 1. The number of ether oxygens (including phenoxy) is 1. The summed E-state index contributed by atoms with van der Waals surface area (Å²) in [6.45, 7) is 0. The predicted octanol–water partition coefficient (Wildman–Crippen LogP) is 4.28. The molecule has 0 saturated heterocycles. The third-order valence-corrected chi connectivity index (χ3v) is 4.55. The van der Waals surface area contributed by atoms with E-state index in [1.165, 1.54) is 48.8 Å². The number of nitrogens with two attached hydrogens (primary N) is 1. The highest BCUT2D eigenvalue weighted by Gasteiger charge is 2.18. The zero-order valence-electron chi connectivity index (χ0n) is 16.8. The van der Waals surface area contributed by atoms with Gasteiger partial charge in [-0.2, -0.15) is 0 Å². The SMILES string of the molecule is Nc1cc(Oc2cc(F)c(NC(=O)c3cccn(-c4ccc(F)cc4)c3=O)cc2F)ccn1. The van der Waals surface area contributed by atoms with Crippen LogP contribution in [0.25, 0.3) is 5.69 Å². The van der Waals surface area contributed by atoms with Crippen molar-refractivity contribution in [1.82, 2.24) is 9.55 Å². The minimum atomic E-state index is -0.989. The zero-order chi connectivity index (χ0) is 23.5. The smallest absolute Gasteiger partial charge is 0.267 e. The maximum Gasteiger partial charge on any atom is 0.267 e. The number of aromatic nitrogens is 2. The number of hydrogen-bond acceptors (Lipinski definition) is 5. The van der Waals surface area contributed by atoms with Crippen molar-refractivity contribution in [2.45, 2.75) is 0 Å². The molecule has 0 aliphatic rings. The van der Waals surface area contributed by atoms with Gasteiger partial charge < -0.3 is 15.8 Å². The van der Waals surface area contributed by atoms with E-state index in [4.69, 9.17) is 10.5 Å². The Morgan fingerprint density at radius 2 is 1.76 bits per heavy atom. The van der Waals surface area contributed by atoms with Crippen molar-refractivity contribution < 1.29 is 22.7 Å². The molecule has 4 rings (SSSR count). The van der Waals surface area contributed by atoms with Crippen LogP contribution in [-0.2, 0) is 0 Å². The highest BCUT2D eigenvalue weighted by molar-refractivity contribution is 6.04. The molecular weight excluding hydrogens is 437 g/mol. The normalized spacial score (nSPS) is 10.6. The maximum absolute atomic E-state index is 14.6. The largest absolute Gasteiger partial charge is 0.454 e. The summed E-state index contributed by atoms with van der Waals surface area (Å²) < 4.78 is 48.6. The van der Waals surface area contributed by atoms with E-state index in [0.29, 0.717) is 5.69 Å². The Kier molecular flexibility index (Phi) is 5.81. The van der Waals surface area contributed by atoms with Gasteiger partial charge in [0.05, 0.1) is 5.69 Å². The van der Waals surface area contributed by atoms with Crippen LogP contribution in [0.15, 0.2) is 77.9 Å². The molecule has 0 radical (unpaired) electrons. The fourth-order valence-electron chi connectivity index (χ4n) is 2.98. The summed E-state index contributed by atoms with van der Waals surface area (Å²) in [5.74, 6) is -3.55. The van der Waals surface area contributed by atoms with Crippen molar-refractivity contribution in [1.29, 1.82) is 0 Å². The van der Waals surface area contributed by atoms with Crippen molar-refractivity contribution in [3.63, 3.8) is 0 Å². The molecular formula is C23H15F3N4O3. The van der Waals surface area contributed by atoms with E-state index in [-0.39, 0.29) is 17.1 Å². The second-order valence-electron chi connectivity index (χ2n) is 6.81. The molecule has 7 nitrogen and oxygen atoms in total. The van der Waals surface area contributed by atoms with Gasteiger partial charge in [0.15, 0.2) is 17.4 Å². The molecule has 0 aliphatic carbocycles. The molecule has 0 atom stereocenters. The molecule has 166 valence electrons. The van der Waals surface area contributed by atoms with E-state index < -0.39 is 40.4 Å². The van der Waals surface area contributed by atoms with Gasteiger partial charge >= 0.3 is 0 Å². The van der Waals surface area contributed by atoms with Crippen LogP contribution in [0.3, 0.4) is 0 Å². The van der Waals surface area contributed by atoms with Gasteiger partial charge in [-0.25, -0.2) is 18.2 Å². The monoisotopic (exact) mass is 452 g/mol. The minimum Gasteiger partial charge on any atom is -0.454 e. The standard InChI is InChI=1S/C23H15F3N4O3/c24-13-3-5-14(6-4-13)30-9-1-2-16(23(30)32)22(31)29-19-11-18(26)20(12-17(19)25)33-15-7-8-28-21(27)10-15/h1-12H,(H2,27,28)(H,29,31). The average Bonchev–Trinajstić information content (AvgIpc) is 2.78.